The van der Waals surface area contributed by atoms with Gasteiger partial charge < -0.3 is 18.6 Å². The number of hydrogen-bond donors (Lipinski definition) is 0. The highest BCUT2D eigenvalue weighted by atomic mass is 16.3. The van der Waals surface area contributed by atoms with Gasteiger partial charge in [0.1, 0.15) is 11.2 Å². The number of furan rings is 2. The number of benzene rings is 12. The molecular weight excluding hydrogens is 913 g/mol. The van der Waals surface area contributed by atoms with E-state index < -0.39 is 0 Å². The highest BCUT2D eigenvalue weighted by Gasteiger charge is 2.28. The number of aryl methyl sites for hydroxylation is 3. The molecule has 0 atom stereocenters. The Kier molecular flexibility index (Phi) is 9.58. The van der Waals surface area contributed by atoms with Crippen LogP contribution in [0.25, 0.3) is 110 Å². The van der Waals surface area contributed by atoms with E-state index in [1.165, 1.54) is 66.1 Å². The topological polar surface area (TPSA) is 32.8 Å². The van der Waals surface area contributed by atoms with Gasteiger partial charge in [-0.3, -0.25) is 0 Å². The van der Waals surface area contributed by atoms with Crippen LogP contribution in [0.15, 0.2) is 245 Å². The second-order valence-corrected chi connectivity index (χ2v) is 20.2. The molecule has 0 unspecified atom stereocenters. The van der Waals surface area contributed by atoms with Crippen LogP contribution in [0.5, 0.6) is 0 Å². The lowest BCUT2D eigenvalue weighted by molar-refractivity contribution is 0.668. The summed E-state index contributed by atoms with van der Waals surface area (Å²) in [5, 5.41) is 9.20. The minimum atomic E-state index is 0.866. The van der Waals surface area contributed by atoms with Crippen LogP contribution < -0.4 is 9.80 Å². The first kappa shape index (κ1) is 43.0. The summed E-state index contributed by atoms with van der Waals surface area (Å²) in [5.41, 5.74) is 23.2. The van der Waals surface area contributed by atoms with Gasteiger partial charge in [-0.2, -0.15) is 0 Å². The van der Waals surface area contributed by atoms with Crippen LogP contribution in [0.4, 0.5) is 34.1 Å². The molecule has 1 aliphatic carbocycles. The molecule has 2 heterocycles. The van der Waals surface area contributed by atoms with E-state index in [-0.39, 0.29) is 0 Å². The van der Waals surface area contributed by atoms with Crippen LogP contribution >= 0.6 is 0 Å². The molecule has 4 nitrogen and oxygen atoms in total. The summed E-state index contributed by atoms with van der Waals surface area (Å²) in [7, 11) is 0. The van der Waals surface area contributed by atoms with Crippen LogP contribution in [0, 0.1) is 20.8 Å². The van der Waals surface area contributed by atoms with Crippen LogP contribution in [-0.4, -0.2) is 0 Å². The molecule has 0 bridgehead atoms. The van der Waals surface area contributed by atoms with Gasteiger partial charge in [0.15, 0.2) is 11.2 Å². The molecule has 0 saturated heterocycles. The van der Waals surface area contributed by atoms with Gasteiger partial charge in [0, 0.05) is 44.3 Å². The molecule has 354 valence electrons. The van der Waals surface area contributed by atoms with E-state index in [0.717, 1.165) is 94.7 Å². The van der Waals surface area contributed by atoms with E-state index in [4.69, 9.17) is 8.83 Å². The first-order valence-corrected chi connectivity index (χ1v) is 25.8. The molecule has 75 heavy (non-hydrogen) atoms. The standard InChI is InChI=1S/C71H48N2O2/c1-43-25-28-50(46-15-6-4-7-16-46)41-65(43)72(64-22-14-21-58-56-19-10-12-23-67(56)74-70(58)64)54-32-30-48-37-60-62(39-52(48)35-54)61-38-49-31-33-55(36-53(49)40-63(60)61)73(66-42-51(29-26-44(66)2)47-17-8-5-9-18-47)69-45(3)27-34-59-57-20-11-13-24-68(57)75-71(59)69/h4-42H,1-3H3. The number of nitrogens with zero attached hydrogens (tertiary/aromatic N) is 2. The van der Waals surface area contributed by atoms with Crippen molar-refractivity contribution in [2.24, 2.45) is 0 Å². The quantitative estimate of drug-likeness (QED) is 0.152. The second-order valence-electron chi connectivity index (χ2n) is 20.2. The predicted octanol–water partition coefficient (Wildman–Crippen LogP) is 20.6. The van der Waals surface area contributed by atoms with Gasteiger partial charge in [0.25, 0.3) is 0 Å². The zero-order valence-electron chi connectivity index (χ0n) is 41.7. The molecule has 0 spiro atoms. The number of rotatable bonds is 8. The molecular formula is C71H48N2O2. The van der Waals surface area contributed by atoms with Crippen LogP contribution in [0.2, 0.25) is 0 Å². The molecule has 1 aliphatic rings. The molecule has 4 heteroatoms. The van der Waals surface area contributed by atoms with Gasteiger partial charge >= 0.3 is 0 Å². The first-order chi connectivity index (χ1) is 36.9. The summed E-state index contributed by atoms with van der Waals surface area (Å²) in [5.74, 6) is 0. The average Bonchev–Trinajstić information content (AvgIpc) is 4.07. The van der Waals surface area contributed by atoms with Gasteiger partial charge in [-0.15, -0.1) is 0 Å². The van der Waals surface area contributed by atoms with Gasteiger partial charge in [-0.1, -0.05) is 158 Å². The SMILES string of the molecule is Cc1ccc(-c2ccccc2)cc1N(c1ccc2cc3c(cc2c1)-c1cc2ccc(N(c4cc(-c5ccccc5)ccc4C)c4c(C)ccc5c4oc4ccccc45)cc2cc1-3)c1cccc2c1oc1ccccc12. The molecule has 0 aliphatic heterocycles. The number of para-hydroxylation sites is 3. The molecule has 12 aromatic carbocycles. The summed E-state index contributed by atoms with van der Waals surface area (Å²) < 4.78 is 13.6. The molecule has 15 rings (SSSR count). The third kappa shape index (κ3) is 6.83. The van der Waals surface area contributed by atoms with Crippen molar-refractivity contribution >= 4 is 99.5 Å². The average molecular weight is 961 g/mol. The Morgan fingerprint density at radius 2 is 0.733 bits per heavy atom. The van der Waals surface area contributed by atoms with E-state index in [1.807, 2.05) is 12.1 Å². The fraction of sp³-hybridized carbons (Fsp3) is 0.0423. The van der Waals surface area contributed by atoms with E-state index in [9.17, 15) is 0 Å². The fourth-order valence-electron chi connectivity index (χ4n) is 11.9. The number of anilines is 6. The number of fused-ring (bicyclic) bond motifs is 12. The Bertz CT molecular complexity index is 4640. The van der Waals surface area contributed by atoms with Gasteiger partial charge in [-0.05, 0) is 182 Å². The Morgan fingerprint density at radius 1 is 0.280 bits per heavy atom. The van der Waals surface area contributed by atoms with Crippen molar-refractivity contribution in [2.45, 2.75) is 20.8 Å². The third-order valence-corrected chi connectivity index (χ3v) is 15.7. The second kappa shape index (κ2) is 16.7. The Hall–Kier alpha value is -9.64. The fourth-order valence-corrected chi connectivity index (χ4v) is 11.9. The highest BCUT2D eigenvalue weighted by molar-refractivity contribution is 6.15. The largest absolute Gasteiger partial charge is 0.454 e. The summed E-state index contributed by atoms with van der Waals surface area (Å²) in [6, 6.07) is 86.0. The molecule has 14 aromatic rings. The monoisotopic (exact) mass is 960 g/mol. The zero-order chi connectivity index (χ0) is 49.9. The van der Waals surface area contributed by atoms with Crippen molar-refractivity contribution < 1.29 is 8.83 Å². The lowest BCUT2D eigenvalue weighted by Crippen LogP contribution is -2.13. The zero-order valence-corrected chi connectivity index (χ0v) is 41.7. The van der Waals surface area contributed by atoms with Crippen LogP contribution in [0.3, 0.4) is 0 Å². The summed E-state index contributed by atoms with van der Waals surface area (Å²) in [6.07, 6.45) is 0. The Balaban J connectivity index is 0.861. The summed E-state index contributed by atoms with van der Waals surface area (Å²) >= 11 is 0. The molecule has 0 amide bonds. The van der Waals surface area contributed by atoms with Crippen LogP contribution in [0.1, 0.15) is 16.7 Å². The van der Waals surface area contributed by atoms with E-state index in [0.29, 0.717) is 0 Å². The van der Waals surface area contributed by atoms with Crippen molar-refractivity contribution in [1.29, 1.82) is 0 Å². The van der Waals surface area contributed by atoms with Gasteiger partial charge in [-0.25, -0.2) is 0 Å². The normalized spacial score (nSPS) is 11.9. The maximum atomic E-state index is 6.82. The third-order valence-electron chi connectivity index (χ3n) is 15.7. The minimum absolute atomic E-state index is 0.866. The molecule has 0 fully saturated rings. The molecule has 0 saturated carbocycles. The predicted molar refractivity (Wildman–Crippen MR) is 315 cm³/mol. The lowest BCUT2D eigenvalue weighted by Gasteiger charge is -2.30. The summed E-state index contributed by atoms with van der Waals surface area (Å²) in [6.45, 7) is 6.61. The van der Waals surface area contributed by atoms with Crippen molar-refractivity contribution in [1.82, 2.24) is 0 Å². The first-order valence-electron chi connectivity index (χ1n) is 25.8. The molecule has 0 N–H and O–H groups in total. The van der Waals surface area contributed by atoms with Crippen molar-refractivity contribution in [2.75, 3.05) is 9.80 Å². The van der Waals surface area contributed by atoms with Crippen molar-refractivity contribution in [3.8, 4) is 44.5 Å². The molecule has 2 aromatic heterocycles. The van der Waals surface area contributed by atoms with E-state index in [2.05, 4.69) is 255 Å². The van der Waals surface area contributed by atoms with E-state index in [1.54, 1.807) is 0 Å². The Morgan fingerprint density at radius 3 is 1.31 bits per heavy atom. The van der Waals surface area contributed by atoms with Crippen LogP contribution in [-0.2, 0) is 0 Å². The van der Waals surface area contributed by atoms with Crippen molar-refractivity contribution in [3.05, 3.63) is 253 Å². The maximum Gasteiger partial charge on any atom is 0.159 e. The number of hydrogen-bond acceptors (Lipinski definition) is 4. The van der Waals surface area contributed by atoms with Gasteiger partial charge in [0.2, 0.25) is 0 Å². The minimum Gasteiger partial charge on any atom is -0.454 e. The smallest absolute Gasteiger partial charge is 0.159 e. The highest BCUT2D eigenvalue weighted by Crippen LogP contribution is 2.53. The molecule has 0 radical (unpaired) electrons. The Labute approximate surface area is 434 Å². The van der Waals surface area contributed by atoms with E-state index >= 15 is 0 Å². The van der Waals surface area contributed by atoms with Crippen molar-refractivity contribution in [3.63, 3.8) is 0 Å². The maximum absolute atomic E-state index is 6.82. The summed E-state index contributed by atoms with van der Waals surface area (Å²) in [4.78, 5) is 4.82. The lowest BCUT2D eigenvalue weighted by atomic mass is 9.78. The van der Waals surface area contributed by atoms with Gasteiger partial charge in [0.05, 0.1) is 11.4 Å².